The van der Waals surface area contributed by atoms with Crippen molar-refractivity contribution in [3.8, 4) is 0 Å². The molecule has 0 spiro atoms. The molecule has 0 bridgehead atoms. The van der Waals surface area contributed by atoms with E-state index in [1.54, 1.807) is 7.05 Å². The number of hydrogen-bond donors (Lipinski definition) is 4. The highest BCUT2D eigenvalue weighted by Crippen LogP contribution is 2.21. The summed E-state index contributed by atoms with van der Waals surface area (Å²) in [4.78, 5) is 28.2. The molecule has 1 heterocycles. The van der Waals surface area contributed by atoms with Gasteiger partial charge in [0.15, 0.2) is 0 Å². The van der Waals surface area contributed by atoms with E-state index in [1.165, 1.54) is 0 Å². The van der Waals surface area contributed by atoms with Crippen LogP contribution >= 0.6 is 0 Å². The van der Waals surface area contributed by atoms with Crippen molar-refractivity contribution in [2.24, 2.45) is 5.73 Å². The highest BCUT2D eigenvalue weighted by Gasteiger charge is 2.16. The zero-order valence-corrected chi connectivity index (χ0v) is 9.64. The number of aromatic nitrogens is 2. The first-order valence-corrected chi connectivity index (χ1v) is 5.01. The van der Waals surface area contributed by atoms with Gasteiger partial charge in [-0.3, -0.25) is 10.1 Å². The molecule has 2 amide bonds. The Labute approximate surface area is 102 Å². The molecule has 0 aliphatic carbocycles. The van der Waals surface area contributed by atoms with E-state index in [9.17, 15) is 14.9 Å². The normalized spacial score (nSPS) is 9.61. The molecule has 0 aliphatic rings. The van der Waals surface area contributed by atoms with Crippen LogP contribution in [-0.2, 0) is 0 Å². The fraction of sp³-hybridized carbons (Fsp3) is 0.375. The Hall–Kier alpha value is -2.65. The number of anilines is 2. The lowest BCUT2D eigenvalue weighted by Gasteiger charge is -2.07. The van der Waals surface area contributed by atoms with E-state index in [1.807, 2.05) is 0 Å². The number of primary amides is 1. The Morgan fingerprint density at radius 3 is 2.83 bits per heavy atom. The summed E-state index contributed by atoms with van der Waals surface area (Å²) in [5.74, 6) is 0.330. The molecule has 5 N–H and O–H groups in total. The molecular weight excluding hydrogens is 242 g/mol. The monoisotopic (exact) mass is 255 g/mol. The molecule has 0 fully saturated rings. The number of nitrogens with zero attached hydrogens (tertiary/aromatic N) is 3. The summed E-state index contributed by atoms with van der Waals surface area (Å²) in [6.07, 6.45) is 1.10. The molecule has 18 heavy (non-hydrogen) atoms. The van der Waals surface area contributed by atoms with Gasteiger partial charge in [0.05, 0.1) is 4.92 Å². The zero-order valence-electron chi connectivity index (χ0n) is 9.64. The summed E-state index contributed by atoms with van der Waals surface area (Å²) in [5, 5.41) is 18.5. The van der Waals surface area contributed by atoms with Crippen molar-refractivity contribution >= 4 is 23.5 Å². The van der Waals surface area contributed by atoms with Crippen LogP contribution in [0, 0.1) is 10.1 Å². The molecule has 0 atom stereocenters. The van der Waals surface area contributed by atoms with Crippen LogP contribution < -0.4 is 21.7 Å². The van der Waals surface area contributed by atoms with Gasteiger partial charge in [-0.05, 0) is 0 Å². The van der Waals surface area contributed by atoms with Gasteiger partial charge >= 0.3 is 11.7 Å². The molecule has 98 valence electrons. The van der Waals surface area contributed by atoms with Crippen LogP contribution in [0.2, 0.25) is 0 Å². The fourth-order valence-electron chi connectivity index (χ4n) is 1.13. The lowest BCUT2D eigenvalue weighted by Crippen LogP contribution is -2.33. The minimum absolute atomic E-state index is 0.0746. The molecule has 0 saturated heterocycles. The third-order valence-electron chi connectivity index (χ3n) is 1.91. The van der Waals surface area contributed by atoms with E-state index in [-0.39, 0.29) is 30.5 Å². The van der Waals surface area contributed by atoms with E-state index < -0.39 is 11.0 Å². The van der Waals surface area contributed by atoms with Gasteiger partial charge in [-0.2, -0.15) is 4.98 Å². The third kappa shape index (κ3) is 3.73. The average Bonchev–Trinajstić information content (AvgIpc) is 2.33. The van der Waals surface area contributed by atoms with Crippen molar-refractivity contribution < 1.29 is 9.72 Å². The van der Waals surface area contributed by atoms with Crippen molar-refractivity contribution in [3.63, 3.8) is 0 Å². The van der Waals surface area contributed by atoms with Crippen molar-refractivity contribution in [2.45, 2.75) is 0 Å². The van der Waals surface area contributed by atoms with Crippen LogP contribution in [0.15, 0.2) is 6.20 Å². The number of rotatable bonds is 6. The standard InChI is InChI=1S/C8H13N7O3/c1-10-8-13-4-5(15(17)18)6(14-8)11-2-3-12-7(9)16/h4H,2-3H2,1H3,(H3,9,12,16)(H2,10,11,13,14). The summed E-state index contributed by atoms with van der Waals surface area (Å²) in [5.41, 5.74) is 4.63. The quantitative estimate of drug-likeness (QED) is 0.304. The van der Waals surface area contributed by atoms with Crippen LogP contribution in [0.25, 0.3) is 0 Å². The Balaban J connectivity index is 2.71. The summed E-state index contributed by atoms with van der Waals surface area (Å²) in [7, 11) is 1.60. The molecule has 10 heteroatoms. The van der Waals surface area contributed by atoms with E-state index in [2.05, 4.69) is 25.9 Å². The number of amides is 2. The second-order valence-corrected chi connectivity index (χ2v) is 3.15. The number of hydrogen-bond acceptors (Lipinski definition) is 7. The van der Waals surface area contributed by atoms with E-state index in [0.717, 1.165) is 6.20 Å². The summed E-state index contributed by atoms with van der Waals surface area (Å²) < 4.78 is 0. The lowest BCUT2D eigenvalue weighted by molar-refractivity contribution is -0.384. The van der Waals surface area contributed by atoms with Crippen molar-refractivity contribution in [1.82, 2.24) is 15.3 Å². The Morgan fingerprint density at radius 2 is 2.28 bits per heavy atom. The molecular formula is C8H13N7O3. The van der Waals surface area contributed by atoms with Crippen molar-refractivity contribution in [1.29, 1.82) is 0 Å². The molecule has 0 saturated carbocycles. The molecule has 0 radical (unpaired) electrons. The number of nitrogens with two attached hydrogens (primary N) is 1. The van der Waals surface area contributed by atoms with Gasteiger partial charge in [-0.15, -0.1) is 0 Å². The lowest BCUT2D eigenvalue weighted by atomic mass is 10.4. The summed E-state index contributed by atoms with van der Waals surface area (Å²) in [6.45, 7) is 0.481. The molecule has 10 nitrogen and oxygen atoms in total. The maximum atomic E-state index is 10.7. The third-order valence-corrected chi connectivity index (χ3v) is 1.91. The minimum Gasteiger partial charge on any atom is -0.362 e. The number of nitro groups is 1. The SMILES string of the molecule is CNc1ncc([N+](=O)[O-])c(NCCNC(N)=O)n1. The molecule has 0 unspecified atom stereocenters. The largest absolute Gasteiger partial charge is 0.362 e. The predicted molar refractivity (Wildman–Crippen MR) is 64.3 cm³/mol. The van der Waals surface area contributed by atoms with Gasteiger partial charge in [0.2, 0.25) is 11.8 Å². The first-order valence-electron chi connectivity index (χ1n) is 5.01. The van der Waals surface area contributed by atoms with Crippen LogP contribution in [0.3, 0.4) is 0 Å². The summed E-state index contributed by atoms with van der Waals surface area (Å²) >= 11 is 0. The predicted octanol–water partition coefficient (Wildman–Crippen LogP) is -0.493. The number of urea groups is 1. The van der Waals surface area contributed by atoms with Gasteiger partial charge in [-0.25, -0.2) is 9.78 Å². The van der Waals surface area contributed by atoms with Crippen molar-refractivity contribution in [3.05, 3.63) is 16.3 Å². The smallest absolute Gasteiger partial charge is 0.329 e. The maximum absolute atomic E-state index is 10.7. The number of nitrogens with one attached hydrogen (secondary N) is 3. The van der Waals surface area contributed by atoms with Crippen LogP contribution in [0.1, 0.15) is 0 Å². The molecule has 0 aliphatic heterocycles. The maximum Gasteiger partial charge on any atom is 0.329 e. The highest BCUT2D eigenvalue weighted by atomic mass is 16.6. The Kier molecular flexibility index (Phi) is 4.60. The minimum atomic E-state index is -0.662. The zero-order chi connectivity index (χ0) is 13.5. The highest BCUT2D eigenvalue weighted by molar-refractivity contribution is 5.71. The van der Waals surface area contributed by atoms with E-state index in [0.29, 0.717) is 0 Å². The first-order chi connectivity index (χ1) is 8.54. The number of carbonyl (C=O) groups is 1. The first kappa shape index (κ1) is 13.4. The Morgan fingerprint density at radius 1 is 1.56 bits per heavy atom. The average molecular weight is 255 g/mol. The van der Waals surface area contributed by atoms with Crippen LogP contribution in [0.4, 0.5) is 22.2 Å². The van der Waals surface area contributed by atoms with Crippen LogP contribution in [-0.4, -0.2) is 41.1 Å². The van der Waals surface area contributed by atoms with Crippen molar-refractivity contribution in [2.75, 3.05) is 30.8 Å². The van der Waals surface area contributed by atoms with E-state index >= 15 is 0 Å². The topological polar surface area (TPSA) is 148 Å². The van der Waals surface area contributed by atoms with Gasteiger partial charge in [-0.1, -0.05) is 0 Å². The van der Waals surface area contributed by atoms with Crippen LogP contribution in [0.5, 0.6) is 0 Å². The fourth-order valence-corrected chi connectivity index (χ4v) is 1.13. The second-order valence-electron chi connectivity index (χ2n) is 3.15. The molecule has 1 rings (SSSR count). The second kappa shape index (κ2) is 6.18. The Bertz CT molecular complexity index is 450. The molecule has 1 aromatic rings. The van der Waals surface area contributed by atoms with Gasteiger partial charge in [0.25, 0.3) is 0 Å². The van der Waals surface area contributed by atoms with Gasteiger partial charge < -0.3 is 21.7 Å². The molecule has 1 aromatic heterocycles. The molecule has 0 aromatic carbocycles. The summed E-state index contributed by atoms with van der Waals surface area (Å²) in [6, 6.07) is -0.662. The van der Waals surface area contributed by atoms with E-state index in [4.69, 9.17) is 5.73 Å². The van der Waals surface area contributed by atoms with Gasteiger partial charge in [0.1, 0.15) is 6.20 Å². The van der Waals surface area contributed by atoms with Gasteiger partial charge in [0, 0.05) is 20.1 Å². The number of carbonyl (C=O) groups excluding carboxylic acids is 1.